The van der Waals surface area contributed by atoms with Gasteiger partial charge in [0.25, 0.3) is 0 Å². The van der Waals surface area contributed by atoms with Crippen LogP contribution in [0.3, 0.4) is 0 Å². The SMILES string of the molecule is Nc1ccc([C@H](C/C(=N\O)c2ccccc2)NO)cc1. The molecule has 0 aliphatic heterocycles. The highest BCUT2D eigenvalue weighted by Gasteiger charge is 2.15. The van der Waals surface area contributed by atoms with E-state index in [2.05, 4.69) is 10.6 Å². The fourth-order valence-corrected chi connectivity index (χ4v) is 2.01. The van der Waals surface area contributed by atoms with E-state index in [4.69, 9.17) is 5.73 Å². The Morgan fingerprint density at radius 3 is 2.30 bits per heavy atom. The van der Waals surface area contributed by atoms with Crippen LogP contribution in [0.15, 0.2) is 59.8 Å². The van der Waals surface area contributed by atoms with Crippen molar-refractivity contribution in [3.05, 3.63) is 65.7 Å². The van der Waals surface area contributed by atoms with Gasteiger partial charge in [-0.15, -0.1) is 0 Å². The van der Waals surface area contributed by atoms with Crippen molar-refractivity contribution >= 4 is 11.4 Å². The number of nitrogens with zero attached hydrogens (tertiary/aromatic N) is 1. The first-order valence-corrected chi connectivity index (χ1v) is 6.26. The molecule has 0 radical (unpaired) electrons. The van der Waals surface area contributed by atoms with Crippen molar-refractivity contribution in [1.82, 2.24) is 5.48 Å². The maximum Gasteiger partial charge on any atom is 0.0887 e. The molecule has 5 heteroatoms. The van der Waals surface area contributed by atoms with E-state index in [1.807, 2.05) is 42.5 Å². The minimum absolute atomic E-state index is 0.348. The maximum absolute atomic E-state index is 9.32. The van der Waals surface area contributed by atoms with Crippen LogP contribution in [-0.2, 0) is 0 Å². The summed E-state index contributed by atoms with van der Waals surface area (Å²) in [5.41, 5.74) is 10.7. The molecule has 0 aliphatic rings. The van der Waals surface area contributed by atoms with Gasteiger partial charge in [-0.2, -0.15) is 5.48 Å². The largest absolute Gasteiger partial charge is 0.411 e. The van der Waals surface area contributed by atoms with Crippen LogP contribution < -0.4 is 11.2 Å². The van der Waals surface area contributed by atoms with Gasteiger partial charge in [0.2, 0.25) is 0 Å². The molecule has 0 amide bonds. The van der Waals surface area contributed by atoms with Gasteiger partial charge in [-0.3, -0.25) is 0 Å². The van der Waals surface area contributed by atoms with Crippen molar-refractivity contribution in [3.63, 3.8) is 0 Å². The third-order valence-electron chi connectivity index (χ3n) is 3.12. The number of nitrogens with two attached hydrogens (primary N) is 1. The molecule has 0 heterocycles. The zero-order chi connectivity index (χ0) is 14.4. The van der Waals surface area contributed by atoms with Crippen molar-refractivity contribution < 1.29 is 10.4 Å². The Kier molecular flexibility index (Phi) is 4.70. The van der Waals surface area contributed by atoms with Crippen LogP contribution in [0.2, 0.25) is 0 Å². The van der Waals surface area contributed by atoms with Crippen LogP contribution in [0.4, 0.5) is 5.69 Å². The molecular formula is C15H17N3O2. The number of hydroxylamine groups is 1. The Balaban J connectivity index is 2.19. The number of hydrogen-bond acceptors (Lipinski definition) is 5. The maximum atomic E-state index is 9.32. The molecule has 104 valence electrons. The van der Waals surface area contributed by atoms with Crippen LogP contribution >= 0.6 is 0 Å². The molecule has 5 N–H and O–H groups in total. The van der Waals surface area contributed by atoms with Gasteiger partial charge < -0.3 is 16.1 Å². The van der Waals surface area contributed by atoms with Gasteiger partial charge >= 0.3 is 0 Å². The average molecular weight is 271 g/mol. The number of rotatable bonds is 5. The molecule has 20 heavy (non-hydrogen) atoms. The van der Waals surface area contributed by atoms with Gasteiger partial charge in [-0.05, 0) is 23.3 Å². The number of nitrogens with one attached hydrogen (secondary N) is 1. The Morgan fingerprint density at radius 1 is 1.10 bits per heavy atom. The number of nitrogen functional groups attached to an aromatic ring is 1. The highest BCUT2D eigenvalue weighted by molar-refractivity contribution is 6.00. The smallest absolute Gasteiger partial charge is 0.0887 e. The first-order chi connectivity index (χ1) is 9.74. The van der Waals surface area contributed by atoms with Gasteiger partial charge in [-0.1, -0.05) is 47.6 Å². The molecule has 5 nitrogen and oxygen atoms in total. The number of benzene rings is 2. The Morgan fingerprint density at radius 2 is 1.75 bits per heavy atom. The van der Waals surface area contributed by atoms with Crippen LogP contribution in [0.5, 0.6) is 0 Å². The van der Waals surface area contributed by atoms with Gasteiger partial charge in [0.1, 0.15) is 0 Å². The predicted octanol–water partition coefficient (Wildman–Crippen LogP) is 2.56. The molecule has 0 saturated heterocycles. The lowest BCUT2D eigenvalue weighted by molar-refractivity contribution is 0.128. The third kappa shape index (κ3) is 3.34. The topological polar surface area (TPSA) is 90.9 Å². The van der Waals surface area contributed by atoms with E-state index in [0.29, 0.717) is 17.8 Å². The molecule has 0 bridgehead atoms. The fourth-order valence-electron chi connectivity index (χ4n) is 2.01. The van der Waals surface area contributed by atoms with Crippen molar-refractivity contribution in [2.75, 3.05) is 5.73 Å². The lowest BCUT2D eigenvalue weighted by Crippen LogP contribution is -2.21. The van der Waals surface area contributed by atoms with Gasteiger partial charge in [0.15, 0.2) is 0 Å². The average Bonchev–Trinajstić information content (AvgIpc) is 2.51. The highest BCUT2D eigenvalue weighted by Crippen LogP contribution is 2.20. The monoisotopic (exact) mass is 271 g/mol. The quantitative estimate of drug-likeness (QED) is 0.291. The summed E-state index contributed by atoms with van der Waals surface area (Å²) < 4.78 is 0. The van der Waals surface area contributed by atoms with E-state index in [1.54, 1.807) is 12.1 Å². The molecule has 0 unspecified atom stereocenters. The molecule has 0 saturated carbocycles. The van der Waals surface area contributed by atoms with Crippen LogP contribution in [-0.4, -0.2) is 16.1 Å². The molecule has 2 rings (SSSR count). The Hall–Kier alpha value is -2.37. The number of hydrogen-bond donors (Lipinski definition) is 4. The molecule has 1 atom stereocenters. The van der Waals surface area contributed by atoms with E-state index in [1.165, 1.54) is 0 Å². The first-order valence-electron chi connectivity index (χ1n) is 6.26. The van der Waals surface area contributed by atoms with Crippen LogP contribution in [0.25, 0.3) is 0 Å². The molecule has 0 spiro atoms. The van der Waals surface area contributed by atoms with Gasteiger partial charge in [0, 0.05) is 12.1 Å². The summed E-state index contributed by atoms with van der Waals surface area (Å²) >= 11 is 0. The van der Waals surface area contributed by atoms with E-state index in [-0.39, 0.29) is 6.04 Å². The predicted molar refractivity (Wildman–Crippen MR) is 77.9 cm³/mol. The van der Waals surface area contributed by atoms with E-state index in [9.17, 15) is 10.4 Å². The van der Waals surface area contributed by atoms with Crippen molar-refractivity contribution in [2.45, 2.75) is 12.5 Å². The lowest BCUT2D eigenvalue weighted by atomic mass is 9.98. The summed E-state index contributed by atoms with van der Waals surface area (Å²) in [6.45, 7) is 0. The summed E-state index contributed by atoms with van der Waals surface area (Å²) in [6, 6.07) is 16.1. The summed E-state index contributed by atoms with van der Waals surface area (Å²) in [5.74, 6) is 0. The second-order valence-electron chi connectivity index (χ2n) is 4.47. The van der Waals surface area contributed by atoms with Crippen molar-refractivity contribution in [3.8, 4) is 0 Å². The Bertz CT molecular complexity index is 567. The molecule has 0 aliphatic carbocycles. The standard InChI is InChI=1S/C15H17N3O2/c16-13-8-6-12(7-9-13)15(18-20)10-14(17-19)11-4-2-1-3-5-11/h1-9,15,18-20H,10,16H2/b17-14+/t15-/m0/s1. The lowest BCUT2D eigenvalue weighted by Gasteiger charge is -2.16. The minimum Gasteiger partial charge on any atom is -0.411 e. The minimum atomic E-state index is -0.373. The zero-order valence-corrected chi connectivity index (χ0v) is 10.9. The third-order valence-corrected chi connectivity index (χ3v) is 3.12. The first kappa shape index (κ1) is 14.0. The van der Waals surface area contributed by atoms with E-state index in [0.717, 1.165) is 11.1 Å². The van der Waals surface area contributed by atoms with E-state index < -0.39 is 0 Å². The van der Waals surface area contributed by atoms with Crippen molar-refractivity contribution in [1.29, 1.82) is 0 Å². The van der Waals surface area contributed by atoms with E-state index >= 15 is 0 Å². The van der Waals surface area contributed by atoms with Crippen molar-refractivity contribution in [2.24, 2.45) is 5.16 Å². The molecule has 0 aromatic heterocycles. The zero-order valence-electron chi connectivity index (χ0n) is 10.9. The number of oxime groups is 1. The summed E-state index contributed by atoms with van der Waals surface area (Å²) in [6.07, 6.45) is 0.348. The van der Waals surface area contributed by atoms with Crippen LogP contribution in [0, 0.1) is 0 Å². The molecule has 2 aromatic rings. The fraction of sp³-hybridized carbons (Fsp3) is 0.133. The second kappa shape index (κ2) is 6.70. The highest BCUT2D eigenvalue weighted by atomic mass is 16.5. The second-order valence-corrected chi connectivity index (χ2v) is 4.47. The number of anilines is 1. The normalized spacial score (nSPS) is 13.2. The summed E-state index contributed by atoms with van der Waals surface area (Å²) in [5, 5.41) is 21.8. The summed E-state index contributed by atoms with van der Waals surface area (Å²) in [7, 11) is 0. The molecule has 0 fully saturated rings. The Labute approximate surface area is 117 Å². The summed E-state index contributed by atoms with van der Waals surface area (Å²) in [4.78, 5) is 0. The van der Waals surface area contributed by atoms with Crippen LogP contribution in [0.1, 0.15) is 23.6 Å². The van der Waals surface area contributed by atoms with Gasteiger partial charge in [-0.25, -0.2) is 0 Å². The molecular weight excluding hydrogens is 254 g/mol. The molecule has 2 aromatic carbocycles. The van der Waals surface area contributed by atoms with Gasteiger partial charge in [0.05, 0.1) is 11.8 Å².